The molecule has 2 N–H and O–H groups in total. The summed E-state index contributed by atoms with van der Waals surface area (Å²) in [5, 5.41) is 9.92. The van der Waals surface area contributed by atoms with Gasteiger partial charge in [-0.15, -0.1) is 0 Å². The number of carbonyl (C=O) groups excluding carboxylic acids is 2. The van der Waals surface area contributed by atoms with Crippen LogP contribution in [-0.4, -0.2) is 51.6 Å². The van der Waals surface area contributed by atoms with Gasteiger partial charge in [0.15, 0.2) is 0 Å². The minimum atomic E-state index is -0.258. The molecule has 9 nitrogen and oxygen atoms in total. The predicted molar refractivity (Wildman–Crippen MR) is 112 cm³/mol. The van der Waals surface area contributed by atoms with E-state index >= 15 is 0 Å². The lowest BCUT2D eigenvalue weighted by Gasteiger charge is -2.31. The zero-order valence-electron chi connectivity index (χ0n) is 17.3. The van der Waals surface area contributed by atoms with Gasteiger partial charge < -0.3 is 19.4 Å². The highest BCUT2D eigenvalue weighted by Gasteiger charge is 2.28. The predicted octanol–water partition coefficient (Wildman–Crippen LogP) is 2.75. The molecule has 0 radical (unpaired) electrons. The van der Waals surface area contributed by atoms with Crippen LogP contribution in [0.15, 0.2) is 47.2 Å². The van der Waals surface area contributed by atoms with Crippen LogP contribution in [0.3, 0.4) is 0 Å². The van der Waals surface area contributed by atoms with Gasteiger partial charge in [0.2, 0.25) is 5.88 Å². The van der Waals surface area contributed by atoms with Gasteiger partial charge in [-0.3, -0.25) is 14.7 Å². The van der Waals surface area contributed by atoms with Crippen LogP contribution in [0.1, 0.15) is 58.0 Å². The van der Waals surface area contributed by atoms with Crippen molar-refractivity contribution in [3.63, 3.8) is 0 Å². The van der Waals surface area contributed by atoms with Gasteiger partial charge in [0, 0.05) is 30.9 Å². The van der Waals surface area contributed by atoms with E-state index in [0.29, 0.717) is 49.1 Å². The Labute approximate surface area is 179 Å². The Kier molecular flexibility index (Phi) is 6.30. The summed E-state index contributed by atoms with van der Waals surface area (Å²) in [5.41, 5.74) is 1.74. The minimum Gasteiger partial charge on any atom is -0.477 e. The highest BCUT2D eigenvalue weighted by Crippen LogP contribution is 2.28. The van der Waals surface area contributed by atoms with Gasteiger partial charge in [-0.2, -0.15) is 5.10 Å². The van der Waals surface area contributed by atoms with E-state index in [1.807, 2.05) is 11.8 Å². The van der Waals surface area contributed by atoms with Crippen LogP contribution in [0, 0.1) is 0 Å². The molecule has 3 aromatic rings. The average Bonchev–Trinajstić information content (AvgIpc) is 3.50. The number of nitrogens with zero attached hydrogens (tertiary/aromatic N) is 3. The third-order valence-electron chi connectivity index (χ3n) is 5.34. The molecule has 1 aliphatic rings. The molecule has 0 saturated carbocycles. The first kappa shape index (κ1) is 20.6. The SMILES string of the molecule is CCOc1ncccc1C(=O)N1CCC(c2cc(C(=O)NCc3ccco3)n[nH]2)CC1. The fourth-order valence-electron chi connectivity index (χ4n) is 3.70. The van der Waals surface area contributed by atoms with Gasteiger partial charge in [0.25, 0.3) is 11.8 Å². The number of rotatable bonds is 7. The molecule has 4 rings (SSSR count). The lowest BCUT2D eigenvalue weighted by Crippen LogP contribution is -2.38. The molecule has 0 unspecified atom stereocenters. The van der Waals surface area contributed by atoms with Gasteiger partial charge in [-0.25, -0.2) is 4.98 Å². The molecule has 0 aliphatic carbocycles. The number of likely N-dealkylation sites (tertiary alicyclic amines) is 1. The number of furan rings is 1. The van der Waals surface area contributed by atoms with Crippen molar-refractivity contribution in [2.75, 3.05) is 19.7 Å². The molecule has 0 bridgehead atoms. The highest BCUT2D eigenvalue weighted by atomic mass is 16.5. The Morgan fingerprint density at radius 2 is 2.13 bits per heavy atom. The van der Waals surface area contributed by atoms with E-state index in [2.05, 4.69) is 20.5 Å². The molecule has 1 saturated heterocycles. The van der Waals surface area contributed by atoms with Gasteiger partial charge in [-0.1, -0.05) is 0 Å². The minimum absolute atomic E-state index is 0.0717. The van der Waals surface area contributed by atoms with E-state index in [9.17, 15) is 9.59 Å². The van der Waals surface area contributed by atoms with Crippen molar-refractivity contribution in [3.05, 3.63) is 65.5 Å². The summed E-state index contributed by atoms with van der Waals surface area (Å²) in [6.45, 7) is 3.86. The summed E-state index contributed by atoms with van der Waals surface area (Å²) < 4.78 is 10.7. The number of pyridine rings is 1. The van der Waals surface area contributed by atoms with Crippen molar-refractivity contribution >= 4 is 11.8 Å². The Hall–Kier alpha value is -3.62. The first-order valence-corrected chi connectivity index (χ1v) is 10.4. The molecule has 31 heavy (non-hydrogen) atoms. The molecule has 1 fully saturated rings. The molecule has 3 aromatic heterocycles. The molecule has 0 aromatic carbocycles. The maximum Gasteiger partial charge on any atom is 0.272 e. The van der Waals surface area contributed by atoms with Gasteiger partial charge in [-0.05, 0) is 50.1 Å². The molecule has 1 aliphatic heterocycles. The van der Waals surface area contributed by atoms with Gasteiger partial charge in [0.1, 0.15) is 17.0 Å². The molecule has 162 valence electrons. The van der Waals surface area contributed by atoms with Crippen molar-refractivity contribution < 1.29 is 18.7 Å². The maximum atomic E-state index is 12.9. The molecule has 0 spiro atoms. The average molecular weight is 423 g/mol. The Bertz CT molecular complexity index is 1020. The molecule has 9 heteroatoms. The van der Waals surface area contributed by atoms with E-state index in [0.717, 1.165) is 18.5 Å². The second kappa shape index (κ2) is 9.46. The van der Waals surface area contributed by atoms with Crippen LogP contribution < -0.4 is 10.1 Å². The van der Waals surface area contributed by atoms with Crippen molar-refractivity contribution in [3.8, 4) is 5.88 Å². The number of H-pyrrole nitrogens is 1. The summed E-state index contributed by atoms with van der Waals surface area (Å²) in [4.78, 5) is 31.2. The molecular formula is C22H25N5O4. The van der Waals surface area contributed by atoms with Crippen molar-refractivity contribution in [2.45, 2.75) is 32.2 Å². The van der Waals surface area contributed by atoms with Crippen LogP contribution in [-0.2, 0) is 6.54 Å². The van der Waals surface area contributed by atoms with Crippen molar-refractivity contribution in [1.29, 1.82) is 0 Å². The zero-order valence-corrected chi connectivity index (χ0v) is 17.3. The summed E-state index contributed by atoms with van der Waals surface area (Å²) in [7, 11) is 0. The topological polar surface area (TPSA) is 113 Å². The normalized spacial score (nSPS) is 14.4. The fraction of sp³-hybridized carbons (Fsp3) is 0.364. The number of piperidine rings is 1. The van der Waals surface area contributed by atoms with E-state index in [4.69, 9.17) is 9.15 Å². The number of amides is 2. The molecule has 2 amide bonds. The summed E-state index contributed by atoms with van der Waals surface area (Å²) in [6.07, 6.45) is 4.75. The zero-order chi connectivity index (χ0) is 21.6. The first-order chi connectivity index (χ1) is 15.2. The van der Waals surface area contributed by atoms with Gasteiger partial charge >= 0.3 is 0 Å². The number of aromatic amines is 1. The maximum absolute atomic E-state index is 12.9. The van der Waals surface area contributed by atoms with Gasteiger partial charge in [0.05, 0.1) is 19.4 Å². The highest BCUT2D eigenvalue weighted by molar-refractivity contribution is 5.96. The summed E-state index contributed by atoms with van der Waals surface area (Å²) >= 11 is 0. The standard InChI is InChI=1S/C22H25N5O4/c1-2-30-21-17(6-3-9-23-21)22(29)27-10-7-15(8-11-27)18-13-19(26-25-18)20(28)24-14-16-5-4-12-31-16/h3-6,9,12-13,15H,2,7-8,10-11,14H2,1H3,(H,24,28)(H,25,26). The number of carbonyl (C=O) groups is 2. The molecule has 4 heterocycles. The third kappa shape index (κ3) is 4.76. The molecular weight excluding hydrogens is 398 g/mol. The third-order valence-corrected chi connectivity index (χ3v) is 5.34. The van der Waals surface area contributed by atoms with Crippen LogP contribution in [0.5, 0.6) is 5.88 Å². The van der Waals surface area contributed by atoms with E-state index in [1.165, 1.54) is 0 Å². The fourth-order valence-corrected chi connectivity index (χ4v) is 3.70. The second-order valence-corrected chi connectivity index (χ2v) is 7.33. The van der Waals surface area contributed by atoms with E-state index < -0.39 is 0 Å². The Balaban J connectivity index is 1.33. The number of ether oxygens (including phenoxy) is 1. The van der Waals surface area contributed by atoms with Crippen LogP contribution in [0.4, 0.5) is 0 Å². The number of hydrogen-bond acceptors (Lipinski definition) is 6. The number of nitrogens with one attached hydrogen (secondary N) is 2. The quantitative estimate of drug-likeness (QED) is 0.604. The van der Waals surface area contributed by atoms with Crippen LogP contribution in [0.25, 0.3) is 0 Å². The monoisotopic (exact) mass is 423 g/mol. The number of hydrogen-bond donors (Lipinski definition) is 2. The lowest BCUT2D eigenvalue weighted by atomic mass is 9.93. The van der Waals surface area contributed by atoms with Crippen molar-refractivity contribution in [1.82, 2.24) is 25.4 Å². The van der Waals surface area contributed by atoms with Crippen LogP contribution in [0.2, 0.25) is 0 Å². The van der Waals surface area contributed by atoms with Crippen LogP contribution >= 0.6 is 0 Å². The number of aromatic nitrogens is 3. The second-order valence-electron chi connectivity index (χ2n) is 7.33. The van der Waals surface area contributed by atoms with Crippen molar-refractivity contribution in [2.24, 2.45) is 0 Å². The summed E-state index contributed by atoms with van der Waals surface area (Å²) in [6, 6.07) is 8.85. The summed E-state index contributed by atoms with van der Waals surface area (Å²) in [5.74, 6) is 0.936. The Morgan fingerprint density at radius 1 is 1.29 bits per heavy atom. The molecule has 0 atom stereocenters. The Morgan fingerprint density at radius 3 is 2.87 bits per heavy atom. The lowest BCUT2D eigenvalue weighted by molar-refractivity contribution is 0.0706. The largest absolute Gasteiger partial charge is 0.477 e. The smallest absolute Gasteiger partial charge is 0.272 e. The first-order valence-electron chi connectivity index (χ1n) is 10.4. The van der Waals surface area contributed by atoms with E-state index in [1.54, 1.807) is 42.8 Å². The van der Waals surface area contributed by atoms with E-state index in [-0.39, 0.29) is 17.7 Å².